The molecule has 0 atom stereocenters. The van der Waals surface area contributed by atoms with E-state index >= 15 is 0 Å². The Labute approximate surface area is 148 Å². The van der Waals surface area contributed by atoms with Gasteiger partial charge in [-0.3, -0.25) is 9.59 Å². The number of rotatable bonds is 2. The number of carbonyl (C=O) groups is 2. The van der Waals surface area contributed by atoms with Crippen LogP contribution in [0.2, 0.25) is 5.02 Å². The van der Waals surface area contributed by atoms with E-state index in [1.165, 1.54) is 11.0 Å². The molecule has 2 aliphatic rings. The van der Waals surface area contributed by atoms with Crippen LogP contribution in [0, 0.1) is 0 Å². The first kappa shape index (κ1) is 18.0. The molecule has 0 spiro atoms. The van der Waals surface area contributed by atoms with Crippen molar-refractivity contribution in [3.8, 4) is 0 Å². The third-order valence-corrected chi connectivity index (χ3v) is 5.25. The van der Waals surface area contributed by atoms with Gasteiger partial charge in [-0.05, 0) is 25.0 Å². The molecule has 136 valence electrons. The molecule has 3 rings (SSSR count). The van der Waals surface area contributed by atoms with Gasteiger partial charge < -0.3 is 9.80 Å². The maximum Gasteiger partial charge on any atom is 0.417 e. The molecule has 1 aliphatic heterocycles. The number of amides is 2. The molecule has 1 aliphatic carbocycles. The van der Waals surface area contributed by atoms with Crippen molar-refractivity contribution in [3.63, 3.8) is 0 Å². The Morgan fingerprint density at radius 3 is 2.44 bits per heavy atom. The van der Waals surface area contributed by atoms with Crippen LogP contribution >= 0.6 is 11.6 Å². The highest BCUT2D eigenvalue weighted by Gasteiger charge is 2.37. The summed E-state index contributed by atoms with van der Waals surface area (Å²) in [5.74, 6) is -0.801. The van der Waals surface area contributed by atoms with Gasteiger partial charge in [0.2, 0.25) is 5.91 Å². The fourth-order valence-electron chi connectivity index (χ4n) is 3.55. The van der Waals surface area contributed by atoms with Crippen LogP contribution in [0.1, 0.15) is 41.6 Å². The Bertz CT molecular complexity index is 687. The Morgan fingerprint density at radius 1 is 1.16 bits per heavy atom. The lowest BCUT2D eigenvalue weighted by molar-refractivity contribution is -0.138. The molecule has 2 amide bonds. The summed E-state index contributed by atoms with van der Waals surface area (Å²) >= 11 is 5.81. The second kappa shape index (κ2) is 6.86. The molecule has 1 aromatic rings. The number of alkyl halides is 3. The molecule has 0 aromatic heterocycles. The summed E-state index contributed by atoms with van der Waals surface area (Å²) < 4.78 is 38.9. The topological polar surface area (TPSA) is 40.6 Å². The van der Waals surface area contributed by atoms with Crippen molar-refractivity contribution in [3.05, 3.63) is 34.3 Å². The number of halogens is 4. The lowest BCUT2D eigenvalue weighted by Crippen LogP contribution is -2.54. The van der Waals surface area contributed by atoms with Crippen LogP contribution in [0.5, 0.6) is 0 Å². The molecule has 1 heterocycles. The van der Waals surface area contributed by atoms with E-state index in [0.29, 0.717) is 13.1 Å². The molecule has 0 unspecified atom stereocenters. The van der Waals surface area contributed by atoms with Gasteiger partial charge in [-0.2, -0.15) is 13.2 Å². The fraction of sp³-hybridized carbons (Fsp3) is 0.529. The lowest BCUT2D eigenvalue weighted by Gasteiger charge is -2.38. The van der Waals surface area contributed by atoms with Crippen molar-refractivity contribution in [2.75, 3.05) is 19.6 Å². The van der Waals surface area contributed by atoms with Gasteiger partial charge in [-0.25, -0.2) is 0 Å². The summed E-state index contributed by atoms with van der Waals surface area (Å²) in [6, 6.07) is 3.47. The van der Waals surface area contributed by atoms with Gasteiger partial charge in [-0.1, -0.05) is 30.5 Å². The number of carbonyl (C=O) groups excluding carboxylic acids is 2. The first-order valence-electron chi connectivity index (χ1n) is 8.23. The van der Waals surface area contributed by atoms with Crippen LogP contribution in [0.25, 0.3) is 0 Å². The van der Waals surface area contributed by atoms with Crippen molar-refractivity contribution in [2.24, 2.45) is 0 Å². The molecular weight excluding hydrogens is 357 g/mol. The molecule has 4 nitrogen and oxygen atoms in total. The number of hydrogen-bond acceptors (Lipinski definition) is 2. The monoisotopic (exact) mass is 374 g/mol. The van der Waals surface area contributed by atoms with E-state index in [4.69, 9.17) is 11.6 Å². The van der Waals surface area contributed by atoms with Crippen molar-refractivity contribution < 1.29 is 22.8 Å². The molecule has 1 saturated carbocycles. The second-order valence-electron chi connectivity index (χ2n) is 6.42. The Kier molecular flexibility index (Phi) is 4.95. The number of nitrogens with zero attached hydrogens (tertiary/aromatic N) is 2. The van der Waals surface area contributed by atoms with Crippen LogP contribution in [-0.2, 0) is 11.0 Å². The Balaban J connectivity index is 1.75. The highest BCUT2D eigenvalue weighted by Crippen LogP contribution is 2.36. The molecular formula is C17H18ClF3N2O2. The summed E-state index contributed by atoms with van der Waals surface area (Å²) in [5, 5.41) is -0.620. The quantitative estimate of drug-likeness (QED) is 0.793. The Morgan fingerprint density at radius 2 is 1.84 bits per heavy atom. The molecule has 0 bridgehead atoms. The van der Waals surface area contributed by atoms with E-state index in [1.54, 1.807) is 4.90 Å². The zero-order valence-corrected chi connectivity index (χ0v) is 14.2. The maximum absolute atomic E-state index is 13.0. The molecule has 8 heteroatoms. The van der Waals surface area contributed by atoms with Crippen molar-refractivity contribution >= 4 is 23.4 Å². The van der Waals surface area contributed by atoms with Gasteiger partial charge in [-0.15, -0.1) is 0 Å². The smallest absolute Gasteiger partial charge is 0.336 e. The van der Waals surface area contributed by atoms with Crippen LogP contribution < -0.4 is 0 Å². The number of piperazine rings is 1. The molecule has 25 heavy (non-hydrogen) atoms. The van der Waals surface area contributed by atoms with E-state index in [-0.39, 0.29) is 24.1 Å². The minimum Gasteiger partial charge on any atom is -0.336 e. The van der Waals surface area contributed by atoms with Crippen molar-refractivity contribution in [1.29, 1.82) is 0 Å². The first-order chi connectivity index (χ1) is 11.8. The standard InChI is InChI=1S/C17H18ClF3N2O2/c18-15-12(6-3-7-13(15)17(19,20)21)16(25)22-8-9-23(14(24)10-22)11-4-1-2-5-11/h3,6-7,11H,1-2,4-5,8-10H2. The molecule has 1 aromatic carbocycles. The molecule has 2 fully saturated rings. The summed E-state index contributed by atoms with van der Waals surface area (Å²) in [7, 11) is 0. The normalized spacial score (nSPS) is 19.6. The summed E-state index contributed by atoms with van der Waals surface area (Å²) in [4.78, 5) is 28.0. The third-order valence-electron chi connectivity index (χ3n) is 4.84. The zero-order valence-electron chi connectivity index (χ0n) is 13.5. The maximum atomic E-state index is 13.0. The predicted molar refractivity (Wildman–Crippen MR) is 86.3 cm³/mol. The van der Waals surface area contributed by atoms with Gasteiger partial charge >= 0.3 is 6.18 Å². The average molecular weight is 375 g/mol. The minimum absolute atomic E-state index is 0.123. The van der Waals surface area contributed by atoms with Gasteiger partial charge in [0.1, 0.15) is 6.54 Å². The molecule has 0 radical (unpaired) electrons. The Hall–Kier alpha value is -1.76. The van der Waals surface area contributed by atoms with Gasteiger partial charge in [0, 0.05) is 19.1 Å². The van der Waals surface area contributed by atoms with Gasteiger partial charge in [0.15, 0.2) is 0 Å². The van der Waals surface area contributed by atoms with Crippen LogP contribution in [0.3, 0.4) is 0 Å². The fourth-order valence-corrected chi connectivity index (χ4v) is 3.86. The van der Waals surface area contributed by atoms with Crippen LogP contribution in [-0.4, -0.2) is 47.3 Å². The zero-order chi connectivity index (χ0) is 18.2. The van der Waals surface area contributed by atoms with Gasteiger partial charge in [0.25, 0.3) is 5.91 Å². The van der Waals surface area contributed by atoms with E-state index in [0.717, 1.165) is 37.8 Å². The van der Waals surface area contributed by atoms with Crippen LogP contribution in [0.15, 0.2) is 18.2 Å². The van der Waals surface area contributed by atoms with E-state index in [9.17, 15) is 22.8 Å². The first-order valence-corrected chi connectivity index (χ1v) is 8.61. The summed E-state index contributed by atoms with van der Waals surface area (Å²) in [6.45, 7) is 0.585. The third kappa shape index (κ3) is 3.61. The van der Waals surface area contributed by atoms with Crippen molar-refractivity contribution in [1.82, 2.24) is 9.80 Å². The minimum atomic E-state index is -4.63. The van der Waals surface area contributed by atoms with E-state index in [2.05, 4.69) is 0 Å². The SMILES string of the molecule is O=C(c1cccc(C(F)(F)F)c1Cl)N1CCN(C2CCCC2)C(=O)C1. The second-order valence-corrected chi connectivity index (χ2v) is 6.79. The van der Waals surface area contributed by atoms with E-state index < -0.39 is 22.7 Å². The molecule has 0 N–H and O–H groups in total. The van der Waals surface area contributed by atoms with Crippen LogP contribution in [0.4, 0.5) is 13.2 Å². The van der Waals surface area contributed by atoms with Gasteiger partial charge in [0.05, 0.1) is 16.1 Å². The largest absolute Gasteiger partial charge is 0.417 e. The average Bonchev–Trinajstić information content (AvgIpc) is 3.07. The number of hydrogen-bond donors (Lipinski definition) is 0. The molecule has 1 saturated heterocycles. The number of benzene rings is 1. The lowest BCUT2D eigenvalue weighted by atomic mass is 10.1. The highest BCUT2D eigenvalue weighted by molar-refractivity contribution is 6.34. The van der Waals surface area contributed by atoms with Crippen molar-refractivity contribution in [2.45, 2.75) is 37.9 Å². The summed E-state index contributed by atoms with van der Waals surface area (Å²) in [6.07, 6.45) is -0.503. The highest BCUT2D eigenvalue weighted by atomic mass is 35.5. The van der Waals surface area contributed by atoms with E-state index in [1.807, 2.05) is 0 Å². The predicted octanol–water partition coefficient (Wildman–Crippen LogP) is 3.59. The summed E-state index contributed by atoms with van der Waals surface area (Å²) in [5.41, 5.74) is -1.27.